The van der Waals surface area contributed by atoms with Crippen molar-refractivity contribution in [3.05, 3.63) is 77.7 Å². The molecular weight excluding hydrogens is 781 g/mol. The van der Waals surface area contributed by atoms with Crippen LogP contribution in [0.4, 0.5) is 0 Å². The third-order valence-corrected chi connectivity index (χ3v) is 14.5. The molecule has 0 amide bonds. The lowest BCUT2D eigenvalue weighted by atomic mass is 9.56. The number of nitrogens with zero attached hydrogens (tertiary/aromatic N) is 2. The quantitative estimate of drug-likeness (QED) is 0.0426. The van der Waals surface area contributed by atoms with Crippen LogP contribution in [0.25, 0.3) is 0 Å². The molecule has 9 heteroatoms. The van der Waals surface area contributed by atoms with Gasteiger partial charge in [0.15, 0.2) is 0 Å². The van der Waals surface area contributed by atoms with Crippen LogP contribution in [0, 0.1) is 24.7 Å². The van der Waals surface area contributed by atoms with E-state index in [1.807, 2.05) is 56.0 Å². The Morgan fingerprint density at radius 1 is 0.869 bits per heavy atom. The standard InChI is InChI=1S/C52H80N2O6S/c1-5-8-9-10-11-12-13-14-15-16-17-18-19-24-35-61-49-38-47(54-59-7-3)45-36-41(27-20-22-32-55)44(29-21-23-33-56)50-46-37-43(57-39-42-28-25-26-40(4)53-42)30-31-48(46)60-52(49,51(45)50)58-34-6-2/h6,25-26,28,30-31,36-37,41,44,49-51,55-56H,2,5,7-24,27,29,32-35,38-39H2,1,3-4H3. The van der Waals surface area contributed by atoms with Crippen LogP contribution in [0.15, 0.2) is 65.9 Å². The second-order valence-electron chi connectivity index (χ2n) is 17.7. The summed E-state index contributed by atoms with van der Waals surface area (Å²) in [7, 11) is 0. The molecule has 6 atom stereocenters. The van der Waals surface area contributed by atoms with Crippen molar-refractivity contribution in [3.63, 3.8) is 0 Å². The molecule has 5 rings (SSSR count). The molecular formula is C52H80N2O6S. The van der Waals surface area contributed by atoms with Gasteiger partial charge in [-0.2, -0.15) is 11.8 Å². The second kappa shape index (κ2) is 27.4. The topological polar surface area (TPSA) is 103 Å². The Kier molecular flexibility index (Phi) is 22.1. The molecule has 61 heavy (non-hydrogen) atoms. The monoisotopic (exact) mass is 861 g/mol. The summed E-state index contributed by atoms with van der Waals surface area (Å²) >= 11 is 1.98. The summed E-state index contributed by atoms with van der Waals surface area (Å²) in [6.45, 7) is 12.0. The molecule has 6 unspecified atom stereocenters. The van der Waals surface area contributed by atoms with Crippen LogP contribution in [-0.2, 0) is 16.2 Å². The Balaban J connectivity index is 1.39. The number of aromatic nitrogens is 1. The van der Waals surface area contributed by atoms with Crippen molar-refractivity contribution in [2.75, 3.05) is 32.2 Å². The van der Waals surface area contributed by atoms with Gasteiger partial charge in [-0.05, 0) is 99.4 Å². The Bertz CT molecular complexity index is 1630. The molecule has 0 saturated heterocycles. The number of pyridine rings is 1. The first-order valence-electron chi connectivity index (χ1n) is 24.4. The lowest BCUT2D eigenvalue weighted by Crippen LogP contribution is -2.64. The highest BCUT2D eigenvalue weighted by Crippen LogP contribution is 2.62. The fourth-order valence-electron chi connectivity index (χ4n) is 10.1. The van der Waals surface area contributed by atoms with E-state index in [1.54, 1.807) is 0 Å². The summed E-state index contributed by atoms with van der Waals surface area (Å²) in [6, 6.07) is 12.3. The van der Waals surface area contributed by atoms with E-state index in [9.17, 15) is 10.2 Å². The average molecular weight is 861 g/mol. The summed E-state index contributed by atoms with van der Waals surface area (Å²) in [5, 5.41) is 24.6. The maximum absolute atomic E-state index is 9.94. The van der Waals surface area contributed by atoms with E-state index in [0.29, 0.717) is 26.2 Å². The minimum Gasteiger partial charge on any atom is -0.487 e. The molecule has 2 heterocycles. The number of unbranched alkanes of at least 4 members (excludes halogenated alkanes) is 15. The zero-order valence-corrected chi connectivity index (χ0v) is 39.0. The van der Waals surface area contributed by atoms with Crippen molar-refractivity contribution in [2.24, 2.45) is 22.9 Å². The zero-order valence-electron chi connectivity index (χ0n) is 38.1. The fraction of sp³-hybridized carbons (Fsp3) is 0.692. The normalized spacial score (nSPS) is 23.5. The van der Waals surface area contributed by atoms with E-state index in [0.717, 1.165) is 84.9 Å². The van der Waals surface area contributed by atoms with Crippen molar-refractivity contribution in [1.29, 1.82) is 0 Å². The first-order valence-corrected chi connectivity index (χ1v) is 25.4. The molecule has 1 aliphatic heterocycles. The molecule has 2 aromatic rings. The molecule has 0 bridgehead atoms. The molecule has 1 saturated carbocycles. The lowest BCUT2D eigenvalue weighted by Gasteiger charge is -2.58. The fourth-order valence-corrected chi connectivity index (χ4v) is 11.5. The van der Waals surface area contributed by atoms with Crippen molar-refractivity contribution in [3.8, 4) is 11.5 Å². The average Bonchev–Trinajstić information content (AvgIpc) is 3.27. The number of allylic oxidation sites excluding steroid dienone is 1. The third kappa shape index (κ3) is 14.3. The van der Waals surface area contributed by atoms with Crippen LogP contribution < -0.4 is 9.47 Å². The summed E-state index contributed by atoms with van der Waals surface area (Å²) < 4.78 is 20.9. The molecule has 0 radical (unpaired) electrons. The van der Waals surface area contributed by atoms with Gasteiger partial charge in [0.2, 0.25) is 5.79 Å². The van der Waals surface area contributed by atoms with E-state index in [-0.39, 0.29) is 42.1 Å². The number of hydrogen-bond donors (Lipinski definition) is 2. The van der Waals surface area contributed by atoms with E-state index in [4.69, 9.17) is 24.2 Å². The molecule has 340 valence electrons. The third-order valence-electron chi connectivity index (χ3n) is 13.1. The van der Waals surface area contributed by atoms with Gasteiger partial charge in [0.1, 0.15) is 24.7 Å². The highest BCUT2D eigenvalue weighted by Gasteiger charge is 2.64. The molecule has 2 N–H and O–H groups in total. The van der Waals surface area contributed by atoms with E-state index in [1.165, 1.54) is 89.0 Å². The largest absolute Gasteiger partial charge is 0.487 e. The maximum Gasteiger partial charge on any atom is 0.230 e. The number of hydrogen-bond acceptors (Lipinski definition) is 9. The van der Waals surface area contributed by atoms with Crippen LogP contribution in [0.3, 0.4) is 0 Å². The van der Waals surface area contributed by atoms with E-state index in [2.05, 4.69) is 36.7 Å². The summed E-state index contributed by atoms with van der Waals surface area (Å²) in [6.07, 6.45) is 29.2. The molecule has 8 nitrogen and oxygen atoms in total. The Morgan fingerprint density at radius 2 is 1.56 bits per heavy atom. The molecule has 1 fully saturated rings. The molecule has 0 spiro atoms. The van der Waals surface area contributed by atoms with Gasteiger partial charge in [0.05, 0.1) is 29.2 Å². The highest BCUT2D eigenvalue weighted by atomic mass is 32.2. The van der Waals surface area contributed by atoms with Gasteiger partial charge in [-0.3, -0.25) is 4.98 Å². The molecule has 2 aliphatic carbocycles. The van der Waals surface area contributed by atoms with Crippen molar-refractivity contribution >= 4 is 17.5 Å². The zero-order chi connectivity index (χ0) is 43.1. The van der Waals surface area contributed by atoms with Crippen LogP contribution >= 0.6 is 11.8 Å². The number of rotatable bonds is 32. The Labute approximate surface area is 373 Å². The van der Waals surface area contributed by atoms with Gasteiger partial charge < -0.3 is 29.3 Å². The Hall–Kier alpha value is -2.85. The number of ether oxygens (including phenoxy) is 3. The van der Waals surface area contributed by atoms with E-state index < -0.39 is 5.79 Å². The number of oxime groups is 1. The number of aliphatic hydroxyl groups excluding tert-OH is 2. The van der Waals surface area contributed by atoms with Gasteiger partial charge in [-0.25, -0.2) is 0 Å². The first kappa shape index (κ1) is 49.2. The van der Waals surface area contributed by atoms with Gasteiger partial charge in [0.25, 0.3) is 0 Å². The lowest BCUT2D eigenvalue weighted by molar-refractivity contribution is -0.223. The van der Waals surface area contributed by atoms with Gasteiger partial charge in [0, 0.05) is 36.8 Å². The minimum atomic E-state index is -0.942. The number of aliphatic hydroxyl groups is 2. The first-order chi connectivity index (χ1) is 30.0. The number of aryl methyl sites for hydroxylation is 1. The molecule has 3 aliphatic rings. The van der Waals surface area contributed by atoms with Crippen molar-refractivity contribution < 1.29 is 29.3 Å². The Morgan fingerprint density at radius 3 is 2.21 bits per heavy atom. The van der Waals surface area contributed by atoms with Gasteiger partial charge >= 0.3 is 0 Å². The van der Waals surface area contributed by atoms with Gasteiger partial charge in [-0.1, -0.05) is 127 Å². The predicted molar refractivity (Wildman–Crippen MR) is 253 cm³/mol. The summed E-state index contributed by atoms with van der Waals surface area (Å²) in [5.74, 6) is 2.13. The highest BCUT2D eigenvalue weighted by molar-refractivity contribution is 8.00. The van der Waals surface area contributed by atoms with Crippen LogP contribution in [0.1, 0.15) is 172 Å². The van der Waals surface area contributed by atoms with Crippen molar-refractivity contribution in [1.82, 2.24) is 4.98 Å². The smallest absolute Gasteiger partial charge is 0.230 e. The maximum atomic E-state index is 9.94. The van der Waals surface area contributed by atoms with E-state index >= 15 is 0 Å². The van der Waals surface area contributed by atoms with Crippen LogP contribution in [-0.4, -0.2) is 64.1 Å². The number of fused-ring (bicyclic) bond motifs is 2. The van der Waals surface area contributed by atoms with Crippen LogP contribution in [0.2, 0.25) is 0 Å². The molecule has 1 aromatic carbocycles. The minimum absolute atomic E-state index is 0.0150. The number of benzene rings is 1. The van der Waals surface area contributed by atoms with Crippen molar-refractivity contribution in [2.45, 2.75) is 179 Å². The predicted octanol–water partition coefficient (Wildman–Crippen LogP) is 12.8. The summed E-state index contributed by atoms with van der Waals surface area (Å²) in [4.78, 5) is 10.6. The SMILES string of the molecule is C=CCOC12Oc3ccc(OCc4cccc(C)n4)cc3C3C(CCCCO)C(CCCCO)C=C(C(=NOCC)CC1SCCCCCCCCCCCCCCCC)C32. The number of thioether (sulfide) groups is 1. The molecule has 1 aromatic heterocycles. The van der Waals surface area contributed by atoms with Crippen LogP contribution in [0.5, 0.6) is 11.5 Å². The second-order valence-corrected chi connectivity index (χ2v) is 19.0. The summed E-state index contributed by atoms with van der Waals surface area (Å²) in [5.41, 5.74) is 5.16. The van der Waals surface area contributed by atoms with Gasteiger partial charge in [-0.15, -0.1) is 6.58 Å².